The fraction of sp³-hybridized carbons (Fsp3) is 0.182. The van der Waals surface area contributed by atoms with Crippen molar-refractivity contribution in [3.63, 3.8) is 0 Å². The highest BCUT2D eigenvalue weighted by Crippen LogP contribution is 2.21. The number of hydrogen-bond donors (Lipinski definition) is 3. The van der Waals surface area contributed by atoms with Crippen molar-refractivity contribution in [1.29, 1.82) is 0 Å². The number of aromatic nitrogens is 3. The second kappa shape index (κ2) is 9.77. The normalized spacial score (nSPS) is 12.8. The third-order valence-corrected chi connectivity index (χ3v) is 4.72. The SMILES string of the molecule is CN=C(/C=C\N)Nc1nccc(-c2ccn([C@H](CO)c3ccc(C)c(F)c3)c(=O)c2)n1. The van der Waals surface area contributed by atoms with Gasteiger partial charge in [-0.2, -0.15) is 0 Å². The zero-order valence-electron chi connectivity index (χ0n) is 17.2. The van der Waals surface area contributed by atoms with E-state index in [4.69, 9.17) is 5.73 Å². The van der Waals surface area contributed by atoms with E-state index in [0.717, 1.165) is 0 Å². The number of halogens is 1. The molecule has 0 spiro atoms. The minimum absolute atomic E-state index is 0.295. The van der Waals surface area contributed by atoms with E-state index in [9.17, 15) is 14.3 Å². The summed E-state index contributed by atoms with van der Waals surface area (Å²) in [5, 5.41) is 12.8. The van der Waals surface area contributed by atoms with Gasteiger partial charge in [0.2, 0.25) is 5.95 Å². The number of anilines is 1. The molecule has 3 rings (SSSR count). The third kappa shape index (κ3) is 5.01. The molecule has 2 aromatic heterocycles. The lowest BCUT2D eigenvalue weighted by molar-refractivity contribution is 0.246. The van der Waals surface area contributed by atoms with Crippen LogP contribution in [0.3, 0.4) is 0 Å². The average Bonchev–Trinajstić information content (AvgIpc) is 2.77. The first-order valence-corrected chi connectivity index (χ1v) is 9.51. The van der Waals surface area contributed by atoms with E-state index in [1.165, 1.54) is 22.9 Å². The van der Waals surface area contributed by atoms with E-state index in [0.29, 0.717) is 34.2 Å². The summed E-state index contributed by atoms with van der Waals surface area (Å²) in [4.78, 5) is 25.4. The molecule has 9 heteroatoms. The van der Waals surface area contributed by atoms with Crippen molar-refractivity contribution in [2.75, 3.05) is 19.0 Å². The van der Waals surface area contributed by atoms with Crippen molar-refractivity contribution in [3.8, 4) is 11.3 Å². The van der Waals surface area contributed by atoms with Gasteiger partial charge in [0, 0.05) is 31.1 Å². The summed E-state index contributed by atoms with van der Waals surface area (Å²) in [6.45, 7) is 1.30. The summed E-state index contributed by atoms with van der Waals surface area (Å²) < 4.78 is 15.3. The van der Waals surface area contributed by atoms with Crippen molar-refractivity contribution >= 4 is 11.8 Å². The fourth-order valence-electron chi connectivity index (χ4n) is 3.03. The molecule has 0 aliphatic carbocycles. The number of aryl methyl sites for hydroxylation is 1. The summed E-state index contributed by atoms with van der Waals surface area (Å²) in [5.74, 6) is 0.385. The Balaban J connectivity index is 1.92. The minimum Gasteiger partial charge on any atom is -0.404 e. The summed E-state index contributed by atoms with van der Waals surface area (Å²) in [5.41, 5.74) is 7.13. The van der Waals surface area contributed by atoms with E-state index in [2.05, 4.69) is 20.3 Å². The number of rotatable bonds is 6. The molecule has 31 heavy (non-hydrogen) atoms. The number of pyridine rings is 1. The molecule has 0 radical (unpaired) electrons. The van der Waals surface area contributed by atoms with Crippen LogP contribution in [0, 0.1) is 12.7 Å². The lowest BCUT2D eigenvalue weighted by atomic mass is 10.0. The van der Waals surface area contributed by atoms with Crippen molar-refractivity contribution < 1.29 is 9.50 Å². The second-order valence-corrected chi connectivity index (χ2v) is 6.73. The van der Waals surface area contributed by atoms with Gasteiger partial charge >= 0.3 is 0 Å². The highest BCUT2D eigenvalue weighted by atomic mass is 19.1. The van der Waals surface area contributed by atoms with Gasteiger partial charge in [0.1, 0.15) is 11.7 Å². The Labute approximate surface area is 178 Å². The maximum absolute atomic E-state index is 14.0. The third-order valence-electron chi connectivity index (χ3n) is 4.72. The molecule has 0 aliphatic heterocycles. The first kappa shape index (κ1) is 21.8. The largest absolute Gasteiger partial charge is 0.404 e. The molecule has 0 bridgehead atoms. The maximum Gasteiger partial charge on any atom is 0.251 e. The molecule has 160 valence electrons. The lowest BCUT2D eigenvalue weighted by Crippen LogP contribution is -2.27. The van der Waals surface area contributed by atoms with Crippen LogP contribution >= 0.6 is 0 Å². The summed E-state index contributed by atoms with van der Waals surface area (Å²) in [6.07, 6.45) is 6.03. The van der Waals surface area contributed by atoms with Crippen molar-refractivity contribution in [1.82, 2.24) is 14.5 Å². The number of nitrogens with two attached hydrogens (primary N) is 1. The van der Waals surface area contributed by atoms with Crippen LogP contribution in [0.2, 0.25) is 0 Å². The molecule has 1 aromatic carbocycles. The number of nitrogens with zero attached hydrogens (tertiary/aromatic N) is 4. The van der Waals surface area contributed by atoms with E-state index < -0.39 is 6.04 Å². The first-order valence-electron chi connectivity index (χ1n) is 9.51. The topological polar surface area (TPSA) is 118 Å². The van der Waals surface area contributed by atoms with E-state index >= 15 is 0 Å². The van der Waals surface area contributed by atoms with Crippen LogP contribution < -0.4 is 16.6 Å². The van der Waals surface area contributed by atoms with E-state index in [1.54, 1.807) is 56.7 Å². The Kier molecular flexibility index (Phi) is 6.88. The molecule has 0 fully saturated rings. The fourth-order valence-corrected chi connectivity index (χ4v) is 3.03. The van der Waals surface area contributed by atoms with Crippen LogP contribution in [0.25, 0.3) is 11.3 Å². The number of aliphatic imine (C=N–C) groups is 1. The highest BCUT2D eigenvalue weighted by Gasteiger charge is 2.16. The standard InChI is InChI=1S/C22H23FN6O2/c1-14-3-4-16(11-17(14)23)19(13-30)29-10-7-15(12-21(29)31)18-6-9-26-22(27-18)28-20(25-2)5-8-24/h3-12,19,30H,13,24H2,1-2H3,(H,25,26,27,28)/b8-5-/t19-/m1/s1. The van der Waals surface area contributed by atoms with Gasteiger partial charge in [-0.3, -0.25) is 9.79 Å². The molecule has 0 saturated heterocycles. The molecule has 8 nitrogen and oxygen atoms in total. The number of benzene rings is 1. The summed E-state index contributed by atoms with van der Waals surface area (Å²) in [7, 11) is 1.60. The van der Waals surface area contributed by atoms with E-state index in [-0.39, 0.29) is 18.0 Å². The van der Waals surface area contributed by atoms with Crippen LogP contribution in [0.5, 0.6) is 0 Å². The quantitative estimate of drug-likeness (QED) is 0.414. The molecular formula is C22H23FN6O2. The second-order valence-electron chi connectivity index (χ2n) is 6.73. The maximum atomic E-state index is 14.0. The minimum atomic E-state index is -0.703. The van der Waals surface area contributed by atoms with Crippen LogP contribution in [-0.4, -0.2) is 39.1 Å². The van der Waals surface area contributed by atoms with Crippen molar-refractivity contribution in [2.45, 2.75) is 13.0 Å². The molecule has 0 aliphatic rings. The molecule has 0 saturated carbocycles. The summed E-state index contributed by atoms with van der Waals surface area (Å²) >= 11 is 0. The van der Waals surface area contributed by atoms with Crippen LogP contribution in [0.4, 0.5) is 10.3 Å². The van der Waals surface area contributed by atoms with Gasteiger partial charge in [-0.1, -0.05) is 12.1 Å². The predicted molar refractivity (Wildman–Crippen MR) is 118 cm³/mol. The first-order chi connectivity index (χ1) is 15.0. The molecular weight excluding hydrogens is 399 g/mol. The predicted octanol–water partition coefficient (Wildman–Crippen LogP) is 2.25. The molecule has 1 atom stereocenters. The summed E-state index contributed by atoms with van der Waals surface area (Å²) in [6, 6.07) is 8.74. The van der Waals surface area contributed by atoms with Crippen molar-refractivity contribution in [2.24, 2.45) is 10.7 Å². The van der Waals surface area contributed by atoms with Gasteiger partial charge < -0.3 is 20.7 Å². The van der Waals surface area contributed by atoms with Crippen molar-refractivity contribution in [3.05, 3.63) is 88.4 Å². The Hall–Kier alpha value is -3.85. The lowest BCUT2D eigenvalue weighted by Gasteiger charge is -2.19. The Morgan fingerprint density at radius 2 is 2.16 bits per heavy atom. The number of aliphatic hydroxyl groups is 1. The number of amidine groups is 1. The van der Waals surface area contributed by atoms with Gasteiger partial charge in [0.05, 0.1) is 18.3 Å². The number of hydrogen-bond acceptors (Lipinski definition) is 6. The molecule has 2 heterocycles. The Morgan fingerprint density at radius 3 is 2.81 bits per heavy atom. The van der Waals surface area contributed by atoms with Gasteiger partial charge in [-0.25, -0.2) is 14.4 Å². The zero-order chi connectivity index (χ0) is 22.4. The Bertz CT molecular complexity index is 1190. The molecule has 4 N–H and O–H groups in total. The van der Waals surface area contributed by atoms with Gasteiger partial charge in [0.15, 0.2) is 0 Å². The zero-order valence-corrected chi connectivity index (χ0v) is 17.2. The van der Waals surface area contributed by atoms with Crippen LogP contribution in [0.15, 0.2) is 70.9 Å². The van der Waals surface area contributed by atoms with Crippen LogP contribution in [0.1, 0.15) is 17.2 Å². The van der Waals surface area contributed by atoms with Gasteiger partial charge in [-0.05, 0) is 48.5 Å². The Morgan fingerprint density at radius 1 is 1.35 bits per heavy atom. The average molecular weight is 422 g/mol. The molecule has 3 aromatic rings. The van der Waals surface area contributed by atoms with E-state index in [1.807, 2.05) is 0 Å². The smallest absolute Gasteiger partial charge is 0.251 e. The monoisotopic (exact) mass is 422 g/mol. The van der Waals surface area contributed by atoms with Gasteiger partial charge in [-0.15, -0.1) is 0 Å². The number of aliphatic hydroxyl groups excluding tert-OH is 1. The molecule has 0 unspecified atom stereocenters. The van der Waals surface area contributed by atoms with Gasteiger partial charge in [0.25, 0.3) is 5.56 Å². The highest BCUT2D eigenvalue weighted by molar-refractivity contribution is 6.02. The number of nitrogens with one attached hydrogen (secondary N) is 1. The molecule has 0 amide bonds. The van der Waals surface area contributed by atoms with Crippen LogP contribution in [-0.2, 0) is 0 Å².